The average Bonchev–Trinajstić information content (AvgIpc) is 2.15. The minimum absolute atomic E-state index is 0. The minimum Gasteiger partial charge on any atom is -0.324 e. The van der Waals surface area contributed by atoms with Crippen LogP contribution in [0.2, 0.25) is 0 Å². The molecule has 1 aromatic heterocycles. The van der Waals surface area contributed by atoms with Crippen molar-refractivity contribution in [1.82, 2.24) is 4.98 Å². The van der Waals surface area contributed by atoms with Crippen molar-refractivity contribution in [3.63, 3.8) is 0 Å². The van der Waals surface area contributed by atoms with Gasteiger partial charge in [0.1, 0.15) is 4.60 Å². The zero-order valence-electron chi connectivity index (χ0n) is 7.82. The molecule has 0 saturated carbocycles. The molecule has 0 unspecified atom stereocenters. The van der Waals surface area contributed by atoms with Gasteiger partial charge in [-0.15, -0.1) is 19.0 Å². The van der Waals surface area contributed by atoms with E-state index >= 15 is 0 Å². The number of halogens is 2. The van der Waals surface area contributed by atoms with Crippen molar-refractivity contribution < 1.29 is 0 Å². The highest BCUT2D eigenvalue weighted by molar-refractivity contribution is 9.10. The van der Waals surface area contributed by atoms with Crippen LogP contribution in [0.4, 0.5) is 0 Å². The molecule has 4 heteroatoms. The lowest BCUT2D eigenvalue weighted by atomic mass is 10.1. The molecule has 0 aliphatic carbocycles. The number of allylic oxidation sites excluding steroid dienone is 1. The molecule has 1 rings (SSSR count). The Morgan fingerprint density at radius 2 is 2.29 bits per heavy atom. The summed E-state index contributed by atoms with van der Waals surface area (Å²) in [7, 11) is 0. The van der Waals surface area contributed by atoms with E-state index in [9.17, 15) is 0 Å². The van der Waals surface area contributed by atoms with E-state index in [-0.39, 0.29) is 18.4 Å². The summed E-state index contributed by atoms with van der Waals surface area (Å²) >= 11 is 3.28. The molecule has 0 aliphatic heterocycles. The molecule has 0 aromatic carbocycles. The Hall–Kier alpha value is -0.380. The lowest BCUT2D eigenvalue weighted by Crippen LogP contribution is -2.09. The van der Waals surface area contributed by atoms with Gasteiger partial charge in [0.25, 0.3) is 0 Å². The van der Waals surface area contributed by atoms with Crippen molar-refractivity contribution in [2.24, 2.45) is 5.73 Å². The van der Waals surface area contributed by atoms with Crippen LogP contribution in [0.1, 0.15) is 24.4 Å². The van der Waals surface area contributed by atoms with Crippen LogP contribution in [0.25, 0.3) is 0 Å². The molecule has 1 aromatic rings. The average molecular weight is 278 g/mol. The van der Waals surface area contributed by atoms with Crippen molar-refractivity contribution in [3.05, 3.63) is 41.2 Å². The van der Waals surface area contributed by atoms with E-state index in [4.69, 9.17) is 5.73 Å². The second kappa shape index (κ2) is 6.98. The Balaban J connectivity index is 0.00000169. The fourth-order valence-corrected chi connectivity index (χ4v) is 1.31. The van der Waals surface area contributed by atoms with Crippen LogP contribution in [0, 0.1) is 0 Å². The summed E-state index contributed by atoms with van der Waals surface area (Å²) in [6, 6.07) is 3.96. The first kappa shape index (κ1) is 13.6. The summed E-state index contributed by atoms with van der Waals surface area (Å²) in [4.78, 5) is 4.12. The molecule has 1 atom stereocenters. The van der Waals surface area contributed by atoms with E-state index in [1.807, 2.05) is 18.2 Å². The first-order valence-corrected chi connectivity index (χ1v) is 5.01. The summed E-state index contributed by atoms with van der Waals surface area (Å²) in [5.41, 5.74) is 7.00. The Morgan fingerprint density at radius 1 is 1.57 bits per heavy atom. The standard InChI is InChI=1S/C10H13BrN2.ClH/c1-2-3-4-9(12)8-5-6-10(11)13-7-8;/h2,5-7,9H,1,3-4,12H2;1H/t9-;/m0./s1. The van der Waals surface area contributed by atoms with Crippen molar-refractivity contribution in [1.29, 1.82) is 0 Å². The van der Waals surface area contributed by atoms with Gasteiger partial charge in [0.2, 0.25) is 0 Å². The third-order valence-electron chi connectivity index (χ3n) is 1.86. The molecule has 0 saturated heterocycles. The zero-order valence-corrected chi connectivity index (χ0v) is 10.2. The van der Waals surface area contributed by atoms with Crippen LogP contribution in [0.5, 0.6) is 0 Å². The monoisotopic (exact) mass is 276 g/mol. The summed E-state index contributed by atoms with van der Waals surface area (Å²) in [6.45, 7) is 3.66. The Labute approximate surface area is 99.1 Å². The van der Waals surface area contributed by atoms with Crippen molar-refractivity contribution in [3.8, 4) is 0 Å². The van der Waals surface area contributed by atoms with E-state index in [0.717, 1.165) is 23.0 Å². The van der Waals surface area contributed by atoms with Gasteiger partial charge in [-0.25, -0.2) is 4.98 Å². The largest absolute Gasteiger partial charge is 0.324 e. The summed E-state index contributed by atoms with van der Waals surface area (Å²) in [6.07, 6.45) is 5.55. The molecular formula is C10H14BrClN2. The zero-order chi connectivity index (χ0) is 9.68. The van der Waals surface area contributed by atoms with Gasteiger partial charge in [-0.1, -0.05) is 12.1 Å². The predicted octanol–water partition coefficient (Wildman–Crippen LogP) is 3.23. The van der Waals surface area contributed by atoms with Crippen LogP contribution in [0.3, 0.4) is 0 Å². The predicted molar refractivity (Wildman–Crippen MR) is 65.5 cm³/mol. The molecule has 0 spiro atoms. The molecule has 14 heavy (non-hydrogen) atoms. The lowest BCUT2D eigenvalue weighted by Gasteiger charge is -2.09. The van der Waals surface area contributed by atoms with Gasteiger partial charge in [0.15, 0.2) is 0 Å². The summed E-state index contributed by atoms with van der Waals surface area (Å²) < 4.78 is 0.840. The second-order valence-corrected chi connectivity index (χ2v) is 3.70. The lowest BCUT2D eigenvalue weighted by molar-refractivity contribution is 0.658. The normalized spacial score (nSPS) is 11.6. The summed E-state index contributed by atoms with van der Waals surface area (Å²) in [5.74, 6) is 0. The van der Waals surface area contributed by atoms with Crippen molar-refractivity contribution in [2.45, 2.75) is 18.9 Å². The number of aromatic nitrogens is 1. The third-order valence-corrected chi connectivity index (χ3v) is 2.33. The van der Waals surface area contributed by atoms with Gasteiger partial charge >= 0.3 is 0 Å². The highest BCUT2D eigenvalue weighted by Gasteiger charge is 2.04. The van der Waals surface area contributed by atoms with Crippen molar-refractivity contribution >= 4 is 28.3 Å². The number of nitrogens with zero attached hydrogens (tertiary/aromatic N) is 1. The van der Waals surface area contributed by atoms with Crippen LogP contribution >= 0.6 is 28.3 Å². The molecule has 0 fully saturated rings. The maximum absolute atomic E-state index is 5.93. The van der Waals surface area contributed by atoms with Crippen LogP contribution in [-0.4, -0.2) is 4.98 Å². The Morgan fingerprint density at radius 3 is 2.79 bits per heavy atom. The van der Waals surface area contributed by atoms with Crippen molar-refractivity contribution in [2.75, 3.05) is 0 Å². The maximum Gasteiger partial charge on any atom is 0.106 e. The fraction of sp³-hybridized carbons (Fsp3) is 0.300. The number of hydrogen-bond donors (Lipinski definition) is 1. The van der Waals surface area contributed by atoms with Gasteiger partial charge in [0, 0.05) is 12.2 Å². The fourth-order valence-electron chi connectivity index (χ4n) is 1.07. The van der Waals surface area contributed by atoms with Gasteiger partial charge in [-0.05, 0) is 40.4 Å². The van der Waals surface area contributed by atoms with E-state index in [2.05, 4.69) is 27.5 Å². The van der Waals surface area contributed by atoms with Crippen LogP contribution < -0.4 is 5.73 Å². The van der Waals surface area contributed by atoms with E-state index in [1.54, 1.807) is 6.20 Å². The summed E-state index contributed by atoms with van der Waals surface area (Å²) in [5, 5.41) is 0. The molecule has 0 aliphatic rings. The highest BCUT2D eigenvalue weighted by atomic mass is 79.9. The van der Waals surface area contributed by atoms with Crippen LogP contribution in [0.15, 0.2) is 35.6 Å². The molecule has 0 amide bonds. The first-order chi connectivity index (χ1) is 6.24. The van der Waals surface area contributed by atoms with Gasteiger partial charge in [-0.2, -0.15) is 0 Å². The number of rotatable bonds is 4. The molecule has 2 N–H and O–H groups in total. The molecular weight excluding hydrogens is 263 g/mol. The SMILES string of the molecule is C=CCC[C@H](N)c1ccc(Br)nc1.Cl. The molecule has 78 valence electrons. The maximum atomic E-state index is 5.93. The Bertz CT molecular complexity index is 274. The molecule has 2 nitrogen and oxygen atoms in total. The van der Waals surface area contributed by atoms with E-state index in [1.165, 1.54) is 0 Å². The van der Waals surface area contributed by atoms with Crippen LogP contribution in [-0.2, 0) is 0 Å². The highest BCUT2D eigenvalue weighted by Crippen LogP contribution is 2.16. The number of hydrogen-bond acceptors (Lipinski definition) is 2. The van der Waals surface area contributed by atoms with Gasteiger partial charge in [-0.3, -0.25) is 0 Å². The topological polar surface area (TPSA) is 38.9 Å². The minimum atomic E-state index is 0. The first-order valence-electron chi connectivity index (χ1n) is 4.22. The number of pyridine rings is 1. The third kappa shape index (κ3) is 4.22. The van der Waals surface area contributed by atoms with E-state index < -0.39 is 0 Å². The molecule has 0 radical (unpaired) electrons. The second-order valence-electron chi connectivity index (χ2n) is 2.89. The van der Waals surface area contributed by atoms with Gasteiger partial charge in [0.05, 0.1) is 0 Å². The molecule has 0 bridgehead atoms. The smallest absolute Gasteiger partial charge is 0.106 e. The molecule has 1 heterocycles. The number of nitrogens with two attached hydrogens (primary N) is 1. The van der Waals surface area contributed by atoms with Gasteiger partial charge < -0.3 is 5.73 Å². The van der Waals surface area contributed by atoms with E-state index in [0.29, 0.717) is 0 Å². The Kier molecular flexibility index (Phi) is 6.79. The quantitative estimate of drug-likeness (QED) is 0.678.